The van der Waals surface area contributed by atoms with Gasteiger partial charge in [0.15, 0.2) is 0 Å². The fourth-order valence-electron chi connectivity index (χ4n) is 1.90. The van der Waals surface area contributed by atoms with Gasteiger partial charge in [0.25, 0.3) is 0 Å². The van der Waals surface area contributed by atoms with Crippen molar-refractivity contribution in [3.05, 3.63) is 0 Å². The fourth-order valence-corrected chi connectivity index (χ4v) is 1.90. The summed E-state index contributed by atoms with van der Waals surface area (Å²) in [6, 6.07) is -0.0161. The molecule has 0 unspecified atom stereocenters. The summed E-state index contributed by atoms with van der Waals surface area (Å²) in [6.07, 6.45) is 1.79. The predicted octanol–water partition coefficient (Wildman–Crippen LogP) is 0.155. The van der Waals surface area contributed by atoms with Gasteiger partial charge < -0.3 is 15.7 Å². The van der Waals surface area contributed by atoms with Crippen LogP contribution in [0.3, 0.4) is 0 Å². The molecule has 0 radical (unpaired) electrons. The van der Waals surface area contributed by atoms with Crippen LogP contribution in [-0.4, -0.2) is 35.7 Å². The Morgan fingerprint density at radius 2 is 1.62 bits per heavy atom. The van der Waals surface area contributed by atoms with E-state index in [1.807, 2.05) is 0 Å². The Morgan fingerprint density at radius 1 is 1.12 bits per heavy atom. The molecule has 1 fully saturated rings. The number of hydrogen-bond acceptors (Lipinski definition) is 3. The molecule has 1 rings (SSSR count). The molecular weight excluding hydrogens is 217 g/mol. The first-order valence-corrected chi connectivity index (χ1v) is 5.24. The maximum Gasteiger partial charge on any atom is 0.404 e. The number of halogens is 1. The smallest absolute Gasteiger partial charge is 0.404 e. The van der Waals surface area contributed by atoms with Crippen LogP contribution in [0.4, 0.5) is 9.28 Å². The van der Waals surface area contributed by atoms with E-state index in [1.54, 1.807) is 0 Å². The van der Waals surface area contributed by atoms with Gasteiger partial charge >= 0.3 is 6.09 Å². The van der Waals surface area contributed by atoms with Gasteiger partial charge in [-0.1, -0.05) is 0 Å². The van der Waals surface area contributed by atoms with Gasteiger partial charge in [-0.05, 0) is 25.7 Å². The Hall–Kier alpha value is -1.37. The van der Waals surface area contributed by atoms with E-state index in [1.165, 1.54) is 5.54 Å². The zero-order chi connectivity index (χ0) is 12.0. The molecule has 0 spiro atoms. The van der Waals surface area contributed by atoms with Crippen LogP contribution in [0, 0.1) is 0 Å². The van der Waals surface area contributed by atoms with E-state index in [9.17, 15) is 14.1 Å². The molecule has 0 saturated heterocycles. The summed E-state index contributed by atoms with van der Waals surface area (Å²) < 4.78 is 11.6. The summed E-state index contributed by atoms with van der Waals surface area (Å²) in [5.74, 6) is -0.378. The van der Waals surface area contributed by atoms with E-state index in [0.717, 1.165) is 0 Å². The summed E-state index contributed by atoms with van der Waals surface area (Å²) in [7, 11) is 0. The summed E-state index contributed by atoms with van der Waals surface area (Å²) in [4.78, 5) is 21.4. The quantitative estimate of drug-likeness (QED) is 0.520. The number of carboxylic acid groups (broad SMARTS) is 1. The fraction of sp³-hybridized carbons (Fsp3) is 0.778. The SMILES string of the molecule is O=C(O)NC1CCC(NC(=O)CNF)CC1. The van der Waals surface area contributed by atoms with E-state index >= 15 is 0 Å². The highest BCUT2D eigenvalue weighted by atomic mass is 19.2. The molecule has 16 heavy (non-hydrogen) atoms. The third kappa shape index (κ3) is 4.43. The molecule has 1 aliphatic rings. The summed E-state index contributed by atoms with van der Waals surface area (Å²) in [6.45, 7) is -0.340. The monoisotopic (exact) mass is 233 g/mol. The normalized spacial score (nSPS) is 24.8. The molecule has 7 heteroatoms. The van der Waals surface area contributed by atoms with Gasteiger partial charge in [-0.25, -0.2) is 4.79 Å². The molecular formula is C9H16FN3O3. The molecule has 0 heterocycles. The summed E-state index contributed by atoms with van der Waals surface area (Å²) in [5.41, 5.74) is 1.29. The second kappa shape index (κ2) is 6.26. The van der Waals surface area contributed by atoms with Crippen molar-refractivity contribution >= 4 is 12.0 Å². The second-order valence-corrected chi connectivity index (χ2v) is 3.88. The first-order valence-electron chi connectivity index (χ1n) is 5.24. The molecule has 4 N–H and O–H groups in total. The highest BCUT2D eigenvalue weighted by Crippen LogP contribution is 2.18. The third-order valence-electron chi connectivity index (χ3n) is 2.65. The minimum Gasteiger partial charge on any atom is -0.465 e. The van der Waals surface area contributed by atoms with Crippen LogP contribution in [-0.2, 0) is 4.79 Å². The maximum atomic E-state index is 11.6. The standard InChI is InChI=1S/C9H16FN3O3/c10-11-5-8(14)12-6-1-3-7(4-2-6)13-9(15)16/h6-7,11,13H,1-5H2,(H,12,14)(H,15,16). The molecule has 0 aromatic heterocycles. The van der Waals surface area contributed by atoms with Crippen molar-refractivity contribution in [3.63, 3.8) is 0 Å². The Labute approximate surface area is 92.5 Å². The van der Waals surface area contributed by atoms with Crippen molar-refractivity contribution in [2.75, 3.05) is 6.54 Å². The number of rotatable bonds is 4. The Bertz CT molecular complexity index is 254. The van der Waals surface area contributed by atoms with Crippen molar-refractivity contribution < 1.29 is 19.2 Å². The third-order valence-corrected chi connectivity index (χ3v) is 2.65. The van der Waals surface area contributed by atoms with Crippen molar-refractivity contribution in [2.45, 2.75) is 37.8 Å². The number of hydrogen-bond donors (Lipinski definition) is 4. The van der Waals surface area contributed by atoms with Gasteiger partial charge in [0.05, 0.1) is 0 Å². The Balaban J connectivity index is 2.21. The van der Waals surface area contributed by atoms with Crippen molar-refractivity contribution in [1.82, 2.24) is 16.2 Å². The number of nitrogens with one attached hydrogen (secondary N) is 3. The van der Waals surface area contributed by atoms with Gasteiger partial charge in [-0.2, -0.15) is 0 Å². The molecule has 1 aliphatic carbocycles. The first kappa shape index (κ1) is 12.7. The van der Waals surface area contributed by atoms with Crippen LogP contribution in [0.25, 0.3) is 0 Å². The Kier molecular flexibility index (Phi) is 4.97. The van der Waals surface area contributed by atoms with Gasteiger partial charge in [0.2, 0.25) is 5.91 Å². The number of carbonyl (C=O) groups is 2. The lowest BCUT2D eigenvalue weighted by Gasteiger charge is -2.28. The molecule has 6 nitrogen and oxygen atoms in total. The summed E-state index contributed by atoms with van der Waals surface area (Å²) >= 11 is 0. The number of amides is 2. The molecule has 2 amide bonds. The van der Waals surface area contributed by atoms with Gasteiger partial charge in [0.1, 0.15) is 6.54 Å². The molecule has 0 aromatic carbocycles. The van der Waals surface area contributed by atoms with Crippen LogP contribution >= 0.6 is 0 Å². The average molecular weight is 233 g/mol. The van der Waals surface area contributed by atoms with Crippen LogP contribution in [0.1, 0.15) is 25.7 Å². The van der Waals surface area contributed by atoms with E-state index in [-0.39, 0.29) is 24.5 Å². The topological polar surface area (TPSA) is 90.5 Å². The van der Waals surface area contributed by atoms with Gasteiger partial charge in [0, 0.05) is 12.1 Å². The van der Waals surface area contributed by atoms with E-state index in [0.29, 0.717) is 25.7 Å². The predicted molar refractivity (Wildman–Crippen MR) is 54.5 cm³/mol. The zero-order valence-electron chi connectivity index (χ0n) is 8.83. The van der Waals surface area contributed by atoms with Crippen LogP contribution in [0.5, 0.6) is 0 Å². The van der Waals surface area contributed by atoms with Gasteiger partial charge in [-0.15, -0.1) is 10.0 Å². The molecule has 92 valence electrons. The Morgan fingerprint density at radius 3 is 2.06 bits per heavy atom. The number of carbonyl (C=O) groups excluding carboxylic acids is 1. The molecule has 0 aliphatic heterocycles. The highest BCUT2D eigenvalue weighted by Gasteiger charge is 2.23. The van der Waals surface area contributed by atoms with Crippen LogP contribution in [0.15, 0.2) is 0 Å². The minimum absolute atomic E-state index is 0.0210. The van der Waals surface area contributed by atoms with Crippen molar-refractivity contribution in [2.24, 2.45) is 0 Å². The average Bonchev–Trinajstić information content (AvgIpc) is 2.20. The highest BCUT2D eigenvalue weighted by molar-refractivity contribution is 5.78. The first-order chi connectivity index (χ1) is 7.61. The van der Waals surface area contributed by atoms with Crippen LogP contribution < -0.4 is 16.2 Å². The van der Waals surface area contributed by atoms with Crippen LogP contribution in [0.2, 0.25) is 0 Å². The molecule has 0 bridgehead atoms. The molecule has 0 atom stereocenters. The van der Waals surface area contributed by atoms with E-state index in [2.05, 4.69) is 10.6 Å². The summed E-state index contributed by atoms with van der Waals surface area (Å²) in [5, 5.41) is 13.6. The lowest BCUT2D eigenvalue weighted by molar-refractivity contribution is -0.121. The van der Waals surface area contributed by atoms with Gasteiger partial charge in [-0.3, -0.25) is 4.79 Å². The zero-order valence-corrected chi connectivity index (χ0v) is 8.83. The maximum absolute atomic E-state index is 11.6. The van der Waals surface area contributed by atoms with E-state index < -0.39 is 6.09 Å². The van der Waals surface area contributed by atoms with Crippen molar-refractivity contribution in [1.29, 1.82) is 0 Å². The lowest BCUT2D eigenvalue weighted by Crippen LogP contribution is -2.45. The largest absolute Gasteiger partial charge is 0.465 e. The lowest BCUT2D eigenvalue weighted by atomic mass is 9.91. The van der Waals surface area contributed by atoms with E-state index in [4.69, 9.17) is 5.11 Å². The molecule has 1 saturated carbocycles. The minimum atomic E-state index is -1.02. The second-order valence-electron chi connectivity index (χ2n) is 3.88. The van der Waals surface area contributed by atoms with Crippen molar-refractivity contribution in [3.8, 4) is 0 Å². The molecule has 0 aromatic rings.